The maximum Gasteiger partial charge on any atom is 0.407 e. The summed E-state index contributed by atoms with van der Waals surface area (Å²) in [5.41, 5.74) is 3.21. The normalized spacial score (nSPS) is 24.8. The molecule has 2 saturated heterocycles. The van der Waals surface area contributed by atoms with E-state index in [1.165, 1.54) is 4.90 Å². The van der Waals surface area contributed by atoms with Crippen LogP contribution in [0.2, 0.25) is 0 Å². The number of nitrogens with zero attached hydrogens (tertiary/aromatic N) is 1. The van der Waals surface area contributed by atoms with E-state index in [9.17, 15) is 19.5 Å². The maximum absolute atomic E-state index is 13.4. The minimum absolute atomic E-state index is 0.0745. The third kappa shape index (κ3) is 3.97. The standard InChI is InChI=1S/C27H30N2O5S/c1-26-14-27(15-26,24(31)32)29(16-26)23(30)22(11-12-35-2)28-25(33)34-13-21-19-9-5-3-7-17(19)18-8-4-6-10-20(18)21/h3-10,21-22H,11-16H2,1-2H3,(H,28,33)(H,31,32). The van der Waals surface area contributed by atoms with Gasteiger partial charge in [-0.25, -0.2) is 9.59 Å². The largest absolute Gasteiger partial charge is 0.479 e. The summed E-state index contributed by atoms with van der Waals surface area (Å²) in [7, 11) is 0. The van der Waals surface area contributed by atoms with Gasteiger partial charge in [0, 0.05) is 12.5 Å². The lowest BCUT2D eigenvalue weighted by atomic mass is 9.63. The van der Waals surface area contributed by atoms with Crippen molar-refractivity contribution in [3.8, 4) is 11.1 Å². The molecule has 3 fully saturated rings. The second-order valence-corrected chi connectivity index (χ2v) is 11.2. The molecule has 0 spiro atoms. The number of carboxylic acid groups (broad SMARTS) is 1. The molecule has 2 aliphatic heterocycles. The number of hydrogen-bond donors (Lipinski definition) is 2. The van der Waals surface area contributed by atoms with Crippen LogP contribution >= 0.6 is 11.8 Å². The van der Waals surface area contributed by atoms with Crippen molar-refractivity contribution in [2.45, 2.75) is 43.7 Å². The van der Waals surface area contributed by atoms with Crippen LogP contribution in [0.5, 0.6) is 0 Å². The fraction of sp³-hybridized carbons (Fsp3) is 0.444. The number of ether oxygens (including phenoxy) is 1. The van der Waals surface area contributed by atoms with Crippen LogP contribution in [0.1, 0.15) is 43.2 Å². The van der Waals surface area contributed by atoms with Gasteiger partial charge in [-0.3, -0.25) is 4.79 Å². The molecule has 1 atom stereocenters. The van der Waals surface area contributed by atoms with Gasteiger partial charge in [0.1, 0.15) is 18.2 Å². The van der Waals surface area contributed by atoms with Crippen LogP contribution in [-0.2, 0) is 14.3 Å². The van der Waals surface area contributed by atoms with Gasteiger partial charge in [0.15, 0.2) is 0 Å². The van der Waals surface area contributed by atoms with E-state index >= 15 is 0 Å². The van der Waals surface area contributed by atoms with Gasteiger partial charge in [-0.2, -0.15) is 11.8 Å². The highest BCUT2D eigenvalue weighted by Gasteiger charge is 2.69. The molecule has 4 aliphatic rings. The lowest BCUT2D eigenvalue weighted by Crippen LogP contribution is -2.59. The molecule has 2 aromatic carbocycles. The summed E-state index contributed by atoms with van der Waals surface area (Å²) in [4.78, 5) is 39.8. The zero-order valence-electron chi connectivity index (χ0n) is 20.0. The number of carbonyl (C=O) groups is 3. The molecular formula is C27H30N2O5S. The van der Waals surface area contributed by atoms with E-state index in [0.717, 1.165) is 22.3 Å². The van der Waals surface area contributed by atoms with Gasteiger partial charge in [0.25, 0.3) is 0 Å². The van der Waals surface area contributed by atoms with Crippen LogP contribution in [0.3, 0.4) is 0 Å². The number of alkyl carbamates (subject to hydrolysis) is 1. The molecule has 184 valence electrons. The van der Waals surface area contributed by atoms with Crippen LogP contribution in [0.4, 0.5) is 4.79 Å². The molecule has 2 N–H and O–H groups in total. The first-order valence-electron chi connectivity index (χ1n) is 11.9. The Balaban J connectivity index is 1.28. The first-order valence-corrected chi connectivity index (χ1v) is 13.3. The quantitative estimate of drug-likeness (QED) is 0.573. The molecule has 2 aliphatic carbocycles. The summed E-state index contributed by atoms with van der Waals surface area (Å²) in [5.74, 6) is -0.720. The number of benzene rings is 2. The van der Waals surface area contributed by atoms with Crippen molar-refractivity contribution in [3.05, 3.63) is 59.7 Å². The van der Waals surface area contributed by atoms with Gasteiger partial charge >= 0.3 is 12.1 Å². The van der Waals surface area contributed by atoms with Crippen molar-refractivity contribution in [1.82, 2.24) is 10.2 Å². The molecule has 2 aromatic rings. The second-order valence-electron chi connectivity index (χ2n) is 10.2. The zero-order chi connectivity index (χ0) is 24.8. The van der Waals surface area contributed by atoms with Crippen molar-refractivity contribution in [3.63, 3.8) is 0 Å². The lowest BCUT2D eigenvalue weighted by molar-refractivity contribution is -0.160. The third-order valence-corrected chi connectivity index (χ3v) is 8.35. The molecule has 2 heterocycles. The van der Waals surface area contributed by atoms with Crippen LogP contribution < -0.4 is 5.32 Å². The van der Waals surface area contributed by atoms with Crippen molar-refractivity contribution in [2.24, 2.45) is 5.41 Å². The van der Waals surface area contributed by atoms with Crippen molar-refractivity contribution >= 4 is 29.7 Å². The Labute approximate surface area is 209 Å². The average Bonchev–Trinajstić information content (AvgIpc) is 3.43. The molecule has 7 nitrogen and oxygen atoms in total. The van der Waals surface area contributed by atoms with E-state index in [4.69, 9.17) is 4.74 Å². The molecular weight excluding hydrogens is 464 g/mol. The van der Waals surface area contributed by atoms with Gasteiger partial charge in [0.05, 0.1) is 0 Å². The Morgan fingerprint density at radius 3 is 2.29 bits per heavy atom. The number of thioether (sulfide) groups is 1. The number of aliphatic carboxylic acids is 1. The number of carbonyl (C=O) groups excluding carboxylic acids is 2. The number of rotatable bonds is 8. The predicted molar refractivity (Wildman–Crippen MR) is 134 cm³/mol. The van der Waals surface area contributed by atoms with Gasteiger partial charge in [-0.15, -0.1) is 0 Å². The van der Waals surface area contributed by atoms with Gasteiger partial charge < -0.3 is 20.1 Å². The summed E-state index contributed by atoms with van der Waals surface area (Å²) in [5, 5.41) is 12.6. The Morgan fingerprint density at radius 2 is 1.71 bits per heavy atom. The Bertz CT molecular complexity index is 1130. The predicted octanol–water partition coefficient (Wildman–Crippen LogP) is 4.11. The number of amides is 2. The van der Waals surface area contributed by atoms with Crippen molar-refractivity contribution < 1.29 is 24.2 Å². The average molecular weight is 495 g/mol. The highest BCUT2D eigenvalue weighted by atomic mass is 32.2. The topological polar surface area (TPSA) is 95.9 Å². The van der Waals surface area contributed by atoms with Crippen LogP contribution in [0.25, 0.3) is 11.1 Å². The van der Waals surface area contributed by atoms with Crippen molar-refractivity contribution in [1.29, 1.82) is 0 Å². The first-order chi connectivity index (χ1) is 16.8. The zero-order valence-corrected chi connectivity index (χ0v) is 20.8. The fourth-order valence-electron chi connectivity index (χ4n) is 6.22. The first kappa shape index (κ1) is 23.7. The highest BCUT2D eigenvalue weighted by molar-refractivity contribution is 7.98. The monoisotopic (exact) mass is 494 g/mol. The number of carboxylic acids is 1. The molecule has 6 rings (SSSR count). The summed E-state index contributed by atoms with van der Waals surface area (Å²) in [6.45, 7) is 2.57. The van der Waals surface area contributed by atoms with Crippen molar-refractivity contribution in [2.75, 3.05) is 25.2 Å². The van der Waals surface area contributed by atoms with E-state index in [-0.39, 0.29) is 23.8 Å². The van der Waals surface area contributed by atoms with E-state index < -0.39 is 23.6 Å². The molecule has 8 heteroatoms. The van der Waals surface area contributed by atoms with Gasteiger partial charge in [-0.1, -0.05) is 55.5 Å². The Morgan fingerprint density at radius 1 is 1.11 bits per heavy atom. The fourth-order valence-corrected chi connectivity index (χ4v) is 6.69. The van der Waals surface area contributed by atoms with E-state index in [0.29, 0.717) is 31.6 Å². The van der Waals surface area contributed by atoms with Crippen LogP contribution in [0, 0.1) is 5.41 Å². The summed E-state index contributed by atoms with van der Waals surface area (Å²) in [6, 6.07) is 15.4. The SMILES string of the molecule is CSCCC(NC(=O)OCC1c2ccccc2-c2ccccc21)C(=O)N1CC2(C)CC1(C(=O)O)C2. The lowest BCUT2D eigenvalue weighted by Gasteiger charge is -2.43. The number of nitrogens with one attached hydrogen (secondary N) is 1. The third-order valence-electron chi connectivity index (χ3n) is 7.70. The Kier molecular flexibility index (Phi) is 6.03. The minimum atomic E-state index is -1.15. The van der Waals surface area contributed by atoms with Crippen LogP contribution in [0.15, 0.2) is 48.5 Å². The van der Waals surface area contributed by atoms with Gasteiger partial charge in [0.2, 0.25) is 5.91 Å². The summed E-state index contributed by atoms with van der Waals surface area (Å²) < 4.78 is 5.65. The van der Waals surface area contributed by atoms with E-state index in [1.54, 1.807) is 11.8 Å². The molecule has 2 bridgehead atoms. The summed E-state index contributed by atoms with van der Waals surface area (Å²) >= 11 is 1.57. The number of fused-ring (bicyclic) bond motifs is 4. The second kappa shape index (κ2) is 8.90. The summed E-state index contributed by atoms with van der Waals surface area (Å²) in [6.07, 6.45) is 2.60. The number of hydrogen-bond acceptors (Lipinski definition) is 5. The molecule has 1 unspecified atom stereocenters. The van der Waals surface area contributed by atoms with E-state index in [1.807, 2.05) is 37.4 Å². The molecule has 0 aromatic heterocycles. The van der Waals surface area contributed by atoms with Crippen LogP contribution in [-0.4, -0.2) is 64.7 Å². The minimum Gasteiger partial charge on any atom is -0.479 e. The highest BCUT2D eigenvalue weighted by Crippen LogP contribution is 2.59. The van der Waals surface area contributed by atoms with E-state index in [2.05, 4.69) is 29.6 Å². The molecule has 35 heavy (non-hydrogen) atoms. The molecule has 0 radical (unpaired) electrons. The molecule has 1 saturated carbocycles. The smallest absolute Gasteiger partial charge is 0.407 e. The Hall–Kier alpha value is -3.00. The van der Waals surface area contributed by atoms with Gasteiger partial charge in [-0.05, 0) is 58.9 Å². The molecule has 2 amide bonds. The maximum atomic E-state index is 13.4.